The van der Waals surface area contributed by atoms with E-state index in [-0.39, 0.29) is 11.5 Å². The zero-order valence-corrected chi connectivity index (χ0v) is 17.9. The summed E-state index contributed by atoms with van der Waals surface area (Å²) in [4.78, 5) is 11.1. The fraction of sp³-hybridized carbons (Fsp3) is 0.300. The maximum atomic E-state index is 11.4. The second kappa shape index (κ2) is 9.49. The molecular weight excluding hydrogens is 408 g/mol. The molecule has 0 unspecified atom stereocenters. The highest BCUT2D eigenvalue weighted by molar-refractivity contribution is 7.99. The van der Waals surface area contributed by atoms with E-state index in [1.165, 1.54) is 33.1 Å². The van der Waals surface area contributed by atoms with E-state index in [4.69, 9.17) is 14.2 Å². The molecule has 158 valence electrons. The lowest BCUT2D eigenvalue weighted by atomic mass is 10.1. The lowest BCUT2D eigenvalue weighted by Gasteiger charge is -2.18. The predicted molar refractivity (Wildman–Crippen MR) is 113 cm³/mol. The molecular formula is C20H22N4O5S. The molecule has 9 nitrogen and oxygen atoms in total. The van der Waals surface area contributed by atoms with Gasteiger partial charge in [-0.2, -0.15) is 0 Å². The summed E-state index contributed by atoms with van der Waals surface area (Å²) in [5, 5.41) is 19.8. The fourth-order valence-corrected chi connectivity index (χ4v) is 4.21. The summed E-state index contributed by atoms with van der Waals surface area (Å²) in [7, 11) is 4.52. The lowest BCUT2D eigenvalue weighted by molar-refractivity contribution is -0.479. The molecule has 30 heavy (non-hydrogen) atoms. The molecule has 0 amide bonds. The van der Waals surface area contributed by atoms with E-state index in [2.05, 4.69) is 10.2 Å². The first-order valence-electron chi connectivity index (χ1n) is 9.04. The summed E-state index contributed by atoms with van der Waals surface area (Å²) in [6, 6.07) is 13.1. The molecule has 0 spiro atoms. The summed E-state index contributed by atoms with van der Waals surface area (Å²) in [5.41, 5.74) is 1.54. The Kier molecular flexibility index (Phi) is 6.78. The maximum Gasteiger partial charge on any atom is 0.220 e. The molecule has 3 aromatic rings. The minimum absolute atomic E-state index is 0.315. The first kappa shape index (κ1) is 21.4. The molecule has 0 N–H and O–H groups in total. The topological polar surface area (TPSA) is 102 Å². The zero-order chi connectivity index (χ0) is 21.7. The summed E-state index contributed by atoms with van der Waals surface area (Å²) < 4.78 is 18.0. The van der Waals surface area contributed by atoms with Gasteiger partial charge in [0.1, 0.15) is 11.1 Å². The van der Waals surface area contributed by atoms with Crippen molar-refractivity contribution in [1.29, 1.82) is 0 Å². The third-order valence-electron chi connectivity index (χ3n) is 4.43. The predicted octanol–water partition coefficient (Wildman–Crippen LogP) is 3.71. The normalized spacial score (nSPS) is 11.7. The number of ether oxygens (including phenoxy) is 3. The molecule has 1 aromatic heterocycles. The molecule has 1 atom stereocenters. The Morgan fingerprint density at radius 1 is 1.07 bits per heavy atom. The molecule has 3 rings (SSSR count). The molecule has 0 bridgehead atoms. The van der Waals surface area contributed by atoms with Crippen LogP contribution in [0.15, 0.2) is 47.6 Å². The molecule has 0 aliphatic heterocycles. The Bertz CT molecular complexity index is 1000. The van der Waals surface area contributed by atoms with E-state index in [0.717, 1.165) is 5.69 Å². The van der Waals surface area contributed by atoms with Gasteiger partial charge in [0.2, 0.25) is 12.3 Å². The van der Waals surface area contributed by atoms with Crippen LogP contribution in [0, 0.1) is 17.0 Å². The van der Waals surface area contributed by atoms with Gasteiger partial charge in [-0.15, -0.1) is 10.2 Å². The van der Waals surface area contributed by atoms with Gasteiger partial charge in [0.15, 0.2) is 16.7 Å². The number of nitrogens with zero attached hydrogens (tertiary/aromatic N) is 4. The number of thioether (sulfide) groups is 1. The van der Waals surface area contributed by atoms with Crippen LogP contribution in [-0.2, 0) is 0 Å². The van der Waals surface area contributed by atoms with E-state index >= 15 is 0 Å². The summed E-state index contributed by atoms with van der Waals surface area (Å²) >= 11 is 1.26. The van der Waals surface area contributed by atoms with Crippen molar-refractivity contribution >= 4 is 11.8 Å². The van der Waals surface area contributed by atoms with Crippen LogP contribution in [0.1, 0.15) is 16.6 Å². The van der Waals surface area contributed by atoms with Crippen molar-refractivity contribution in [2.24, 2.45) is 0 Å². The Morgan fingerprint density at radius 3 is 2.23 bits per heavy atom. The van der Waals surface area contributed by atoms with Crippen molar-refractivity contribution in [3.8, 4) is 22.9 Å². The second-order valence-electron chi connectivity index (χ2n) is 6.28. The van der Waals surface area contributed by atoms with Gasteiger partial charge < -0.3 is 14.2 Å². The molecule has 0 aliphatic rings. The first-order valence-corrected chi connectivity index (χ1v) is 9.92. The van der Waals surface area contributed by atoms with Crippen LogP contribution in [0.3, 0.4) is 0 Å². The average molecular weight is 430 g/mol. The Morgan fingerprint density at radius 2 is 1.70 bits per heavy atom. The van der Waals surface area contributed by atoms with Crippen LogP contribution >= 0.6 is 11.8 Å². The van der Waals surface area contributed by atoms with Crippen molar-refractivity contribution in [1.82, 2.24) is 14.8 Å². The number of benzene rings is 2. The highest BCUT2D eigenvalue weighted by Gasteiger charge is 2.26. The van der Waals surface area contributed by atoms with Crippen LogP contribution in [0.4, 0.5) is 0 Å². The van der Waals surface area contributed by atoms with Gasteiger partial charge in [-0.1, -0.05) is 30.0 Å². The second-order valence-corrected chi connectivity index (χ2v) is 7.45. The lowest BCUT2D eigenvalue weighted by Crippen LogP contribution is -2.12. The van der Waals surface area contributed by atoms with Crippen molar-refractivity contribution in [3.63, 3.8) is 0 Å². The van der Waals surface area contributed by atoms with Gasteiger partial charge in [-0.25, -0.2) is 0 Å². The van der Waals surface area contributed by atoms with Crippen LogP contribution in [0.2, 0.25) is 0 Å². The van der Waals surface area contributed by atoms with Crippen LogP contribution in [-0.4, -0.2) is 47.6 Å². The largest absolute Gasteiger partial charge is 0.493 e. The third-order valence-corrected chi connectivity index (χ3v) is 5.61. The highest BCUT2D eigenvalue weighted by atomic mass is 32.2. The van der Waals surface area contributed by atoms with Crippen molar-refractivity contribution in [2.45, 2.75) is 17.3 Å². The summed E-state index contributed by atoms with van der Waals surface area (Å²) in [6.45, 7) is 1.52. The van der Waals surface area contributed by atoms with Crippen LogP contribution < -0.4 is 14.2 Å². The smallest absolute Gasteiger partial charge is 0.220 e. The van der Waals surface area contributed by atoms with E-state index < -0.39 is 5.25 Å². The standard InChI is InChI=1S/C20H22N4O5S/c1-13-21-22-20(24(13)15-8-6-5-7-9-15)30-18(12-23(25)26)14-10-16(27-2)19(29-4)17(11-14)28-3/h5-11,18H,12H2,1-4H3/t18-/m1/s1. The first-order chi connectivity index (χ1) is 14.5. The summed E-state index contributed by atoms with van der Waals surface area (Å²) in [5.74, 6) is 1.98. The molecule has 2 aromatic carbocycles. The van der Waals surface area contributed by atoms with Crippen molar-refractivity contribution in [2.75, 3.05) is 27.9 Å². The average Bonchev–Trinajstić information content (AvgIpc) is 3.12. The quantitative estimate of drug-likeness (QED) is 0.288. The van der Waals surface area contributed by atoms with E-state index in [0.29, 0.717) is 33.8 Å². The molecule has 0 fully saturated rings. The van der Waals surface area contributed by atoms with Gasteiger partial charge in [0.05, 0.1) is 21.3 Å². The number of methoxy groups -OCH3 is 3. The van der Waals surface area contributed by atoms with Crippen molar-refractivity contribution < 1.29 is 19.1 Å². The molecule has 10 heteroatoms. The molecule has 0 aliphatic carbocycles. The number of hydrogen-bond donors (Lipinski definition) is 0. The van der Waals surface area contributed by atoms with Crippen LogP contribution in [0.5, 0.6) is 17.2 Å². The maximum absolute atomic E-state index is 11.4. The number of aromatic nitrogens is 3. The van der Waals surface area contributed by atoms with E-state index in [9.17, 15) is 10.1 Å². The third kappa shape index (κ3) is 4.48. The number of rotatable bonds is 9. The fourth-order valence-electron chi connectivity index (χ4n) is 3.05. The SMILES string of the molecule is COc1cc([C@@H](C[N+](=O)[O-])Sc2nnc(C)n2-c2ccccc2)cc(OC)c1OC. The molecule has 0 radical (unpaired) electrons. The van der Waals surface area contributed by atoms with Crippen LogP contribution in [0.25, 0.3) is 5.69 Å². The zero-order valence-electron chi connectivity index (χ0n) is 17.1. The Balaban J connectivity index is 2.05. The number of nitro groups is 1. The Hall–Kier alpha value is -3.27. The van der Waals surface area contributed by atoms with Gasteiger partial charge in [-0.3, -0.25) is 14.7 Å². The van der Waals surface area contributed by atoms with Gasteiger partial charge >= 0.3 is 0 Å². The van der Waals surface area contributed by atoms with Gasteiger partial charge in [0, 0.05) is 10.6 Å². The number of aryl methyl sites for hydroxylation is 1. The number of hydrogen-bond acceptors (Lipinski definition) is 8. The van der Waals surface area contributed by atoms with Crippen molar-refractivity contribution in [3.05, 3.63) is 64.0 Å². The number of para-hydroxylation sites is 1. The minimum Gasteiger partial charge on any atom is -0.493 e. The highest BCUT2D eigenvalue weighted by Crippen LogP contribution is 2.44. The van der Waals surface area contributed by atoms with Gasteiger partial charge in [-0.05, 0) is 36.8 Å². The van der Waals surface area contributed by atoms with Gasteiger partial charge in [0.25, 0.3) is 0 Å². The molecule has 0 saturated carbocycles. The minimum atomic E-state index is -0.556. The molecule has 0 saturated heterocycles. The Labute approximate surface area is 178 Å². The summed E-state index contributed by atoms with van der Waals surface area (Å²) in [6.07, 6.45) is 0. The molecule has 1 heterocycles. The monoisotopic (exact) mass is 430 g/mol. The van der Waals surface area contributed by atoms with E-state index in [1.807, 2.05) is 41.8 Å². The van der Waals surface area contributed by atoms with E-state index in [1.54, 1.807) is 12.1 Å².